The number of ether oxygens (including phenoxy) is 1. The number of carboxylic acids is 1. The summed E-state index contributed by atoms with van der Waals surface area (Å²) < 4.78 is 45.1. The van der Waals surface area contributed by atoms with Crippen molar-refractivity contribution in [2.24, 2.45) is 5.73 Å². The molecule has 3 aromatic rings. The monoisotopic (exact) mass is 501 g/mol. The van der Waals surface area contributed by atoms with Crippen molar-refractivity contribution in [3.63, 3.8) is 0 Å². The molecule has 7 N–H and O–H groups in total. The summed E-state index contributed by atoms with van der Waals surface area (Å²) in [5, 5.41) is 25.1. The number of methoxy groups -OCH3 is 1. The van der Waals surface area contributed by atoms with Crippen LogP contribution < -0.4 is 21.7 Å². The van der Waals surface area contributed by atoms with Gasteiger partial charge in [0.15, 0.2) is 5.96 Å². The standard InChI is InChI=1S/C24H22F3N5O4/c1-36-22(35)15-4-2-3-5-17(15)31-19-9-7-14(24(25,26)27)11-20(19)32-18-8-6-13(12-30-23(28)29)10-16(18)21(33)34/h2-11,31-32H,12H2,1H3,(H,33,34)(H4,28,29,30). The molecule has 9 nitrogen and oxygen atoms in total. The van der Waals surface area contributed by atoms with Crippen LogP contribution in [0.5, 0.6) is 0 Å². The van der Waals surface area contributed by atoms with Gasteiger partial charge in [0.25, 0.3) is 0 Å². The quantitative estimate of drug-likeness (QED) is 0.148. The second kappa shape index (κ2) is 10.7. The summed E-state index contributed by atoms with van der Waals surface area (Å²) in [5.41, 5.74) is 5.09. The highest BCUT2D eigenvalue weighted by Crippen LogP contribution is 2.37. The Kier molecular flexibility index (Phi) is 7.67. The molecule has 0 aromatic heterocycles. The molecule has 0 bridgehead atoms. The number of nitrogens with two attached hydrogens (primary N) is 1. The summed E-state index contributed by atoms with van der Waals surface area (Å²) in [5.74, 6) is -2.27. The molecule has 3 rings (SSSR count). The zero-order chi connectivity index (χ0) is 26.5. The van der Waals surface area contributed by atoms with Crippen molar-refractivity contribution >= 4 is 40.6 Å². The van der Waals surface area contributed by atoms with Gasteiger partial charge in [0.1, 0.15) is 0 Å². The van der Waals surface area contributed by atoms with Gasteiger partial charge in [-0.3, -0.25) is 5.41 Å². The Morgan fingerprint density at radius 2 is 1.58 bits per heavy atom. The van der Waals surface area contributed by atoms with E-state index in [0.717, 1.165) is 12.1 Å². The number of halogens is 3. The van der Waals surface area contributed by atoms with E-state index < -0.39 is 23.7 Å². The number of carboxylic acid groups (broad SMARTS) is 1. The van der Waals surface area contributed by atoms with Crippen molar-refractivity contribution in [2.45, 2.75) is 12.7 Å². The van der Waals surface area contributed by atoms with Crippen LogP contribution in [0.3, 0.4) is 0 Å². The average Bonchev–Trinajstić information content (AvgIpc) is 2.83. The number of esters is 1. The molecular weight excluding hydrogens is 479 g/mol. The van der Waals surface area contributed by atoms with Crippen LogP contribution in [0, 0.1) is 5.41 Å². The summed E-state index contributed by atoms with van der Waals surface area (Å²) in [4.78, 5) is 24.0. The SMILES string of the molecule is COC(=O)c1ccccc1Nc1ccc(C(F)(F)F)cc1Nc1ccc(CNC(=N)N)cc1C(=O)O. The Labute approximate surface area is 203 Å². The van der Waals surface area contributed by atoms with Crippen LogP contribution in [0.1, 0.15) is 31.8 Å². The number of benzene rings is 3. The van der Waals surface area contributed by atoms with E-state index in [1.165, 1.54) is 37.4 Å². The molecule has 0 saturated heterocycles. The maximum Gasteiger partial charge on any atom is 0.416 e. The number of alkyl halides is 3. The number of hydrogen-bond donors (Lipinski definition) is 6. The topological polar surface area (TPSA) is 150 Å². The number of nitrogens with one attached hydrogen (secondary N) is 4. The molecule has 0 amide bonds. The first-order chi connectivity index (χ1) is 17.0. The Bertz CT molecular complexity index is 1310. The van der Waals surface area contributed by atoms with Crippen LogP contribution in [0.2, 0.25) is 0 Å². The summed E-state index contributed by atoms with van der Waals surface area (Å²) in [7, 11) is 1.20. The summed E-state index contributed by atoms with van der Waals surface area (Å²) >= 11 is 0. The van der Waals surface area contributed by atoms with Gasteiger partial charge in [0, 0.05) is 6.54 Å². The molecule has 36 heavy (non-hydrogen) atoms. The molecule has 0 radical (unpaired) electrons. The van der Waals surface area contributed by atoms with E-state index in [1.807, 2.05) is 0 Å². The number of carbonyl (C=O) groups excluding carboxylic acids is 1. The molecular formula is C24H22F3N5O4. The number of guanidine groups is 1. The first kappa shape index (κ1) is 25.9. The lowest BCUT2D eigenvalue weighted by Gasteiger charge is -2.19. The molecule has 0 heterocycles. The summed E-state index contributed by atoms with van der Waals surface area (Å²) in [6, 6.07) is 13.4. The molecule has 0 aliphatic carbocycles. The number of aromatic carboxylic acids is 1. The van der Waals surface area contributed by atoms with E-state index in [9.17, 15) is 27.9 Å². The van der Waals surface area contributed by atoms with Crippen LogP contribution in [0.25, 0.3) is 0 Å². The molecule has 0 aliphatic rings. The minimum Gasteiger partial charge on any atom is -0.478 e. The lowest BCUT2D eigenvalue weighted by atomic mass is 10.1. The van der Waals surface area contributed by atoms with Crippen molar-refractivity contribution in [1.29, 1.82) is 5.41 Å². The molecule has 0 aliphatic heterocycles. The minimum absolute atomic E-state index is 0.0257. The van der Waals surface area contributed by atoms with Gasteiger partial charge in [-0.1, -0.05) is 18.2 Å². The molecule has 0 saturated carbocycles. The van der Waals surface area contributed by atoms with Gasteiger partial charge >= 0.3 is 18.1 Å². The smallest absolute Gasteiger partial charge is 0.416 e. The minimum atomic E-state index is -4.66. The summed E-state index contributed by atoms with van der Waals surface area (Å²) in [6.07, 6.45) is -4.66. The van der Waals surface area contributed by atoms with Crippen LogP contribution in [-0.4, -0.2) is 30.1 Å². The highest BCUT2D eigenvalue weighted by atomic mass is 19.4. The highest BCUT2D eigenvalue weighted by Gasteiger charge is 2.31. The van der Waals surface area contributed by atoms with Crippen LogP contribution in [0.15, 0.2) is 60.7 Å². The van der Waals surface area contributed by atoms with Gasteiger partial charge in [-0.05, 0) is 48.0 Å². The van der Waals surface area contributed by atoms with Crippen LogP contribution in [-0.2, 0) is 17.5 Å². The van der Waals surface area contributed by atoms with Crippen molar-refractivity contribution in [3.8, 4) is 0 Å². The highest BCUT2D eigenvalue weighted by molar-refractivity contribution is 5.98. The van der Waals surface area contributed by atoms with Gasteiger partial charge in [-0.25, -0.2) is 9.59 Å². The van der Waals surface area contributed by atoms with E-state index >= 15 is 0 Å². The van der Waals surface area contributed by atoms with Gasteiger partial charge in [-0.15, -0.1) is 0 Å². The predicted octanol–water partition coefficient (Wildman–Crippen LogP) is 4.66. The lowest BCUT2D eigenvalue weighted by molar-refractivity contribution is -0.137. The third-order valence-electron chi connectivity index (χ3n) is 5.02. The molecule has 0 spiro atoms. The van der Waals surface area contributed by atoms with Crippen molar-refractivity contribution in [2.75, 3.05) is 17.7 Å². The zero-order valence-electron chi connectivity index (χ0n) is 18.9. The molecule has 0 unspecified atom stereocenters. The first-order valence-corrected chi connectivity index (χ1v) is 10.4. The van der Waals surface area contributed by atoms with Crippen molar-refractivity contribution < 1.29 is 32.6 Å². The molecule has 12 heteroatoms. The number of hydrogen-bond acceptors (Lipinski definition) is 6. The lowest BCUT2D eigenvalue weighted by Crippen LogP contribution is -2.29. The third-order valence-corrected chi connectivity index (χ3v) is 5.02. The normalized spacial score (nSPS) is 10.9. The largest absolute Gasteiger partial charge is 0.478 e. The Morgan fingerprint density at radius 3 is 2.22 bits per heavy atom. The fourth-order valence-electron chi connectivity index (χ4n) is 3.29. The number of rotatable bonds is 8. The predicted molar refractivity (Wildman–Crippen MR) is 128 cm³/mol. The second-order valence-electron chi connectivity index (χ2n) is 7.50. The number of anilines is 4. The fraction of sp³-hybridized carbons (Fsp3) is 0.125. The van der Waals surface area contributed by atoms with E-state index in [4.69, 9.17) is 15.9 Å². The first-order valence-electron chi connectivity index (χ1n) is 10.4. The van der Waals surface area contributed by atoms with Crippen LogP contribution >= 0.6 is 0 Å². The second-order valence-corrected chi connectivity index (χ2v) is 7.50. The Balaban J connectivity index is 2.05. The van der Waals surface area contributed by atoms with E-state index in [2.05, 4.69) is 16.0 Å². The van der Waals surface area contributed by atoms with Crippen molar-refractivity contribution in [1.82, 2.24) is 5.32 Å². The zero-order valence-corrected chi connectivity index (χ0v) is 18.9. The number of para-hydroxylation sites is 1. The molecule has 188 valence electrons. The van der Waals surface area contributed by atoms with Gasteiger partial charge in [0.05, 0.1) is 46.5 Å². The van der Waals surface area contributed by atoms with E-state index in [1.54, 1.807) is 18.2 Å². The summed E-state index contributed by atoms with van der Waals surface area (Å²) in [6.45, 7) is 0.0799. The maximum atomic E-state index is 13.5. The average molecular weight is 501 g/mol. The van der Waals surface area contributed by atoms with Gasteiger partial charge < -0.3 is 31.5 Å². The Hall–Kier alpha value is -4.74. The van der Waals surface area contributed by atoms with Gasteiger partial charge in [-0.2, -0.15) is 13.2 Å². The third kappa shape index (κ3) is 6.23. The molecule has 0 atom stereocenters. The number of carbonyl (C=O) groups is 2. The van der Waals surface area contributed by atoms with Gasteiger partial charge in [0.2, 0.25) is 0 Å². The fourth-order valence-corrected chi connectivity index (χ4v) is 3.29. The molecule has 0 fully saturated rings. The van der Waals surface area contributed by atoms with E-state index in [-0.39, 0.29) is 46.4 Å². The maximum absolute atomic E-state index is 13.5. The van der Waals surface area contributed by atoms with E-state index in [0.29, 0.717) is 5.56 Å². The Morgan fingerprint density at radius 1 is 0.944 bits per heavy atom. The van der Waals surface area contributed by atoms with Crippen molar-refractivity contribution in [3.05, 3.63) is 82.9 Å². The van der Waals surface area contributed by atoms with Crippen LogP contribution in [0.4, 0.5) is 35.9 Å². The molecule has 3 aromatic carbocycles.